The summed E-state index contributed by atoms with van der Waals surface area (Å²) in [6.07, 6.45) is -0.523. The third kappa shape index (κ3) is 3.02. The Labute approximate surface area is 119 Å². The van der Waals surface area contributed by atoms with Crippen LogP contribution in [0.2, 0.25) is 0 Å². The molecule has 3 aromatic rings. The maximum Gasteiger partial charge on any atom is 0.416 e. The number of aromatic nitrogens is 2. The van der Waals surface area contributed by atoms with Crippen molar-refractivity contribution in [3.05, 3.63) is 71.7 Å². The highest BCUT2D eigenvalue weighted by Gasteiger charge is 2.29. The summed E-state index contributed by atoms with van der Waals surface area (Å²) in [7, 11) is 0. The van der Waals surface area contributed by atoms with Crippen molar-refractivity contribution in [1.29, 1.82) is 0 Å². The van der Waals surface area contributed by atoms with E-state index in [0.29, 0.717) is 6.42 Å². The Morgan fingerprint density at radius 3 is 2.33 bits per heavy atom. The largest absolute Gasteiger partial charge is 0.416 e. The molecule has 21 heavy (non-hydrogen) atoms. The highest BCUT2D eigenvalue weighted by atomic mass is 19.4. The minimum atomic E-state index is -4.29. The van der Waals surface area contributed by atoms with E-state index in [4.69, 9.17) is 0 Å². The smallest absolute Gasteiger partial charge is 0.244 e. The zero-order valence-corrected chi connectivity index (χ0v) is 10.9. The first-order valence-electron chi connectivity index (χ1n) is 6.37. The molecule has 0 unspecified atom stereocenters. The lowest BCUT2D eigenvalue weighted by atomic mass is 10.0. The molecule has 0 aliphatic rings. The topological polar surface area (TPSA) is 25.8 Å². The van der Waals surface area contributed by atoms with Crippen LogP contribution in [-0.4, -0.2) is 9.97 Å². The van der Waals surface area contributed by atoms with Crippen molar-refractivity contribution in [2.24, 2.45) is 0 Å². The maximum absolute atomic E-state index is 12.5. The van der Waals surface area contributed by atoms with E-state index >= 15 is 0 Å². The summed E-state index contributed by atoms with van der Waals surface area (Å²) < 4.78 is 37.5. The van der Waals surface area contributed by atoms with E-state index in [1.54, 1.807) is 6.20 Å². The number of benzene rings is 2. The minimum absolute atomic E-state index is 0.568. The van der Waals surface area contributed by atoms with Crippen LogP contribution in [0.5, 0.6) is 0 Å². The Morgan fingerprint density at radius 2 is 1.62 bits per heavy atom. The summed E-state index contributed by atoms with van der Waals surface area (Å²) in [5, 5.41) is 0.939. The first kappa shape index (κ1) is 13.5. The van der Waals surface area contributed by atoms with Gasteiger partial charge in [0.05, 0.1) is 11.1 Å². The van der Waals surface area contributed by atoms with Gasteiger partial charge in [-0.05, 0) is 35.7 Å². The van der Waals surface area contributed by atoms with Crippen LogP contribution < -0.4 is 0 Å². The fraction of sp³-hybridized carbons (Fsp3) is 0.125. The Kier molecular flexibility index (Phi) is 3.33. The van der Waals surface area contributed by atoms with Gasteiger partial charge in [-0.15, -0.1) is 0 Å². The van der Waals surface area contributed by atoms with Crippen molar-refractivity contribution in [3.63, 3.8) is 0 Å². The van der Waals surface area contributed by atoms with Gasteiger partial charge in [-0.3, -0.25) is 0 Å². The van der Waals surface area contributed by atoms with Crippen molar-refractivity contribution in [2.75, 3.05) is 0 Å². The van der Waals surface area contributed by atoms with Crippen molar-refractivity contribution in [2.45, 2.75) is 12.6 Å². The van der Waals surface area contributed by atoms with Gasteiger partial charge in [0.15, 0.2) is 0 Å². The monoisotopic (exact) mass is 288 g/mol. The van der Waals surface area contributed by atoms with E-state index in [1.807, 2.05) is 18.2 Å². The maximum atomic E-state index is 12.5. The van der Waals surface area contributed by atoms with Crippen LogP contribution in [0.1, 0.15) is 16.7 Å². The normalized spacial score (nSPS) is 11.8. The number of hydrogen-bond acceptors (Lipinski definition) is 2. The van der Waals surface area contributed by atoms with Crippen molar-refractivity contribution in [3.8, 4) is 0 Å². The van der Waals surface area contributed by atoms with Crippen LogP contribution in [0.15, 0.2) is 55.0 Å². The van der Waals surface area contributed by atoms with Gasteiger partial charge in [-0.2, -0.15) is 13.2 Å². The fourth-order valence-corrected chi connectivity index (χ4v) is 2.18. The van der Waals surface area contributed by atoms with Gasteiger partial charge in [0.25, 0.3) is 0 Å². The van der Waals surface area contributed by atoms with Crippen LogP contribution in [0.3, 0.4) is 0 Å². The van der Waals surface area contributed by atoms with Crippen LogP contribution in [0.4, 0.5) is 13.2 Å². The molecule has 1 aromatic heterocycles. The third-order valence-electron chi connectivity index (χ3n) is 3.26. The van der Waals surface area contributed by atoms with E-state index in [2.05, 4.69) is 9.97 Å². The van der Waals surface area contributed by atoms with Gasteiger partial charge in [0.1, 0.15) is 6.33 Å². The highest BCUT2D eigenvalue weighted by molar-refractivity contribution is 5.78. The Hall–Kier alpha value is -2.43. The second-order valence-electron chi connectivity index (χ2n) is 4.79. The zero-order valence-electron chi connectivity index (χ0n) is 10.9. The molecule has 0 saturated carbocycles. The predicted molar refractivity (Wildman–Crippen MR) is 73.8 cm³/mol. The third-order valence-corrected chi connectivity index (χ3v) is 3.26. The molecule has 0 bridgehead atoms. The Morgan fingerprint density at radius 1 is 0.905 bits per heavy atom. The summed E-state index contributed by atoms with van der Waals surface area (Å²) in [5.41, 5.74) is 2.03. The lowest BCUT2D eigenvalue weighted by molar-refractivity contribution is -0.137. The van der Waals surface area contributed by atoms with Crippen LogP contribution >= 0.6 is 0 Å². The molecule has 1 heterocycles. The van der Waals surface area contributed by atoms with E-state index in [9.17, 15) is 13.2 Å². The summed E-state index contributed by atoms with van der Waals surface area (Å²) in [5.74, 6) is 0. The number of alkyl halides is 3. The lowest BCUT2D eigenvalue weighted by Crippen LogP contribution is -2.04. The van der Waals surface area contributed by atoms with Gasteiger partial charge in [0, 0.05) is 11.6 Å². The zero-order chi connectivity index (χ0) is 14.9. The minimum Gasteiger partial charge on any atom is -0.244 e. The average Bonchev–Trinajstić information content (AvgIpc) is 2.47. The number of rotatable bonds is 2. The average molecular weight is 288 g/mol. The number of halogens is 3. The summed E-state index contributed by atoms with van der Waals surface area (Å²) in [4.78, 5) is 8.11. The molecular weight excluding hydrogens is 277 g/mol. The summed E-state index contributed by atoms with van der Waals surface area (Å²) >= 11 is 0. The molecule has 0 atom stereocenters. The molecule has 0 aliphatic heterocycles. The molecule has 0 aliphatic carbocycles. The van der Waals surface area contributed by atoms with E-state index in [-0.39, 0.29) is 0 Å². The SMILES string of the molecule is FC(F)(F)c1ccc(Cc2ccc3cncnc3c2)cc1. The Balaban J connectivity index is 1.84. The molecule has 2 nitrogen and oxygen atoms in total. The second kappa shape index (κ2) is 5.16. The molecule has 3 rings (SSSR count). The van der Waals surface area contributed by atoms with Crippen LogP contribution in [0, 0.1) is 0 Å². The molecule has 0 fully saturated rings. The number of nitrogens with zero attached hydrogens (tertiary/aromatic N) is 2. The molecule has 2 aromatic carbocycles. The predicted octanol–water partition coefficient (Wildman–Crippen LogP) is 4.24. The van der Waals surface area contributed by atoms with Crippen molar-refractivity contribution >= 4 is 10.9 Å². The first-order valence-corrected chi connectivity index (χ1v) is 6.37. The second-order valence-corrected chi connectivity index (χ2v) is 4.79. The van der Waals surface area contributed by atoms with Gasteiger partial charge in [-0.1, -0.05) is 24.3 Å². The highest BCUT2D eigenvalue weighted by Crippen LogP contribution is 2.29. The van der Waals surface area contributed by atoms with Crippen molar-refractivity contribution < 1.29 is 13.2 Å². The van der Waals surface area contributed by atoms with Gasteiger partial charge < -0.3 is 0 Å². The molecule has 0 radical (unpaired) electrons. The van der Waals surface area contributed by atoms with E-state index in [1.165, 1.54) is 18.5 Å². The molecule has 0 saturated heterocycles. The molecule has 5 heteroatoms. The van der Waals surface area contributed by atoms with Crippen LogP contribution in [-0.2, 0) is 12.6 Å². The number of hydrogen-bond donors (Lipinski definition) is 0. The Bertz CT molecular complexity index is 764. The summed E-state index contributed by atoms with van der Waals surface area (Å²) in [6.45, 7) is 0. The van der Waals surface area contributed by atoms with E-state index < -0.39 is 11.7 Å². The molecule has 0 N–H and O–H groups in total. The van der Waals surface area contributed by atoms with Crippen molar-refractivity contribution in [1.82, 2.24) is 9.97 Å². The first-order chi connectivity index (χ1) is 10.0. The molecular formula is C16H11F3N2. The van der Waals surface area contributed by atoms with Gasteiger partial charge in [-0.25, -0.2) is 9.97 Å². The number of fused-ring (bicyclic) bond motifs is 1. The van der Waals surface area contributed by atoms with Gasteiger partial charge >= 0.3 is 6.18 Å². The van der Waals surface area contributed by atoms with Crippen LogP contribution in [0.25, 0.3) is 10.9 Å². The van der Waals surface area contributed by atoms with Gasteiger partial charge in [0.2, 0.25) is 0 Å². The standard InChI is InChI=1S/C16H11F3N2/c17-16(18,19)14-5-2-11(3-6-14)7-12-1-4-13-9-20-10-21-15(13)8-12/h1-6,8-10H,7H2. The molecule has 106 valence electrons. The fourth-order valence-electron chi connectivity index (χ4n) is 2.18. The molecule has 0 amide bonds. The lowest BCUT2D eigenvalue weighted by Gasteiger charge is -2.08. The summed E-state index contributed by atoms with van der Waals surface area (Å²) in [6, 6.07) is 11.0. The van der Waals surface area contributed by atoms with E-state index in [0.717, 1.165) is 34.2 Å². The molecule has 0 spiro atoms. The quantitative estimate of drug-likeness (QED) is 0.705.